The van der Waals surface area contributed by atoms with Crippen molar-refractivity contribution in [3.8, 4) is 5.75 Å². The molecule has 1 aromatic carbocycles. The highest BCUT2D eigenvalue weighted by Gasteiger charge is 2.21. The van der Waals surface area contributed by atoms with E-state index in [9.17, 15) is 4.79 Å². The van der Waals surface area contributed by atoms with Crippen molar-refractivity contribution in [1.82, 2.24) is 14.9 Å². The van der Waals surface area contributed by atoms with Crippen molar-refractivity contribution in [3.05, 3.63) is 41.2 Å². The zero-order chi connectivity index (χ0) is 20.6. The molecule has 29 heavy (non-hydrogen) atoms. The van der Waals surface area contributed by atoms with Crippen molar-refractivity contribution in [3.63, 3.8) is 0 Å². The number of carbonyl (C=O) groups is 1. The zero-order valence-electron chi connectivity index (χ0n) is 16.9. The highest BCUT2D eigenvalue weighted by molar-refractivity contribution is 7.98. The van der Waals surface area contributed by atoms with Gasteiger partial charge >= 0.3 is 0 Å². The summed E-state index contributed by atoms with van der Waals surface area (Å²) in [5.74, 6) is 1.14. The number of ether oxygens (including phenoxy) is 1. The third-order valence-electron chi connectivity index (χ3n) is 5.09. The quantitative estimate of drug-likeness (QED) is 0.487. The Morgan fingerprint density at radius 1 is 1.38 bits per heavy atom. The van der Waals surface area contributed by atoms with Crippen LogP contribution in [0.25, 0.3) is 0 Å². The first-order valence-corrected chi connectivity index (χ1v) is 11.4. The molecule has 0 aliphatic carbocycles. The van der Waals surface area contributed by atoms with Crippen LogP contribution in [0.4, 0.5) is 5.69 Å². The molecule has 0 spiro atoms. The second-order valence-electron chi connectivity index (χ2n) is 7.26. The molecule has 1 aromatic heterocycles. The lowest BCUT2D eigenvalue weighted by molar-refractivity contribution is -0.116. The van der Waals surface area contributed by atoms with E-state index in [0.29, 0.717) is 28.8 Å². The van der Waals surface area contributed by atoms with Gasteiger partial charge in [-0.05, 0) is 56.2 Å². The van der Waals surface area contributed by atoms with Crippen LogP contribution < -0.4 is 10.1 Å². The maximum Gasteiger partial charge on any atom is 0.224 e. The molecule has 156 valence electrons. The standard InChI is InChI=1S/C21H27ClN4O2S/c1-28-19-7-6-17(10-18(19)22)25-20(27)8-5-15-4-3-9-26(13-15)14-16-11-23-21(29-2)24-12-16/h6-7,10-12,15H,3-5,8-9,13-14H2,1-2H3,(H,25,27)/t15-/m0/s1. The van der Waals surface area contributed by atoms with Crippen molar-refractivity contribution in [1.29, 1.82) is 0 Å². The molecule has 3 rings (SSSR count). The number of hydrogen-bond acceptors (Lipinski definition) is 6. The molecular formula is C21H27ClN4O2S. The Balaban J connectivity index is 1.45. The van der Waals surface area contributed by atoms with E-state index in [1.165, 1.54) is 6.42 Å². The van der Waals surface area contributed by atoms with Gasteiger partial charge in [0, 0.05) is 43.2 Å². The Kier molecular flexibility index (Phi) is 8.15. The molecule has 1 amide bonds. The summed E-state index contributed by atoms with van der Waals surface area (Å²) in [6.45, 7) is 2.95. The number of nitrogens with one attached hydrogen (secondary N) is 1. The molecule has 0 bridgehead atoms. The van der Waals surface area contributed by atoms with E-state index in [0.717, 1.165) is 43.2 Å². The van der Waals surface area contributed by atoms with Gasteiger partial charge in [0.15, 0.2) is 5.16 Å². The van der Waals surface area contributed by atoms with Gasteiger partial charge in [-0.25, -0.2) is 9.97 Å². The first kappa shape index (κ1) is 21.9. The number of nitrogens with zero attached hydrogens (tertiary/aromatic N) is 3. The smallest absolute Gasteiger partial charge is 0.224 e. The number of methoxy groups -OCH3 is 1. The number of rotatable bonds is 8. The SMILES string of the molecule is COc1ccc(NC(=O)CC[C@@H]2CCCN(Cc3cnc(SC)nc3)C2)cc1Cl. The molecule has 1 fully saturated rings. The van der Waals surface area contributed by atoms with E-state index in [1.807, 2.05) is 18.6 Å². The second-order valence-corrected chi connectivity index (χ2v) is 8.44. The average Bonchev–Trinajstić information content (AvgIpc) is 2.73. The van der Waals surface area contributed by atoms with Crippen molar-refractivity contribution in [2.24, 2.45) is 5.92 Å². The van der Waals surface area contributed by atoms with E-state index >= 15 is 0 Å². The molecule has 8 heteroatoms. The molecule has 1 saturated heterocycles. The number of amides is 1. The van der Waals surface area contributed by atoms with E-state index in [1.54, 1.807) is 37.1 Å². The Labute approximate surface area is 181 Å². The second kappa shape index (κ2) is 10.8. The highest BCUT2D eigenvalue weighted by atomic mass is 35.5. The average molecular weight is 435 g/mol. The number of anilines is 1. The summed E-state index contributed by atoms with van der Waals surface area (Å²) in [4.78, 5) is 23.5. The van der Waals surface area contributed by atoms with Crippen LogP contribution in [0.2, 0.25) is 5.02 Å². The van der Waals surface area contributed by atoms with Gasteiger partial charge in [-0.3, -0.25) is 9.69 Å². The normalized spacial score (nSPS) is 17.1. The number of hydrogen-bond donors (Lipinski definition) is 1. The Bertz CT molecular complexity index is 819. The van der Waals surface area contributed by atoms with E-state index in [-0.39, 0.29) is 5.91 Å². The van der Waals surface area contributed by atoms with Crippen molar-refractivity contribution >= 4 is 35.0 Å². The number of piperidine rings is 1. The van der Waals surface area contributed by atoms with Gasteiger partial charge in [-0.2, -0.15) is 0 Å². The third-order valence-corrected chi connectivity index (χ3v) is 5.96. The lowest BCUT2D eigenvalue weighted by Crippen LogP contribution is -2.35. The van der Waals surface area contributed by atoms with Crippen LogP contribution in [-0.2, 0) is 11.3 Å². The van der Waals surface area contributed by atoms with E-state index < -0.39 is 0 Å². The summed E-state index contributed by atoms with van der Waals surface area (Å²) in [6.07, 6.45) is 9.52. The molecule has 1 aliphatic rings. The molecule has 2 aromatic rings. The van der Waals surface area contributed by atoms with Crippen LogP contribution in [0.1, 0.15) is 31.2 Å². The van der Waals surface area contributed by atoms with Crippen molar-refractivity contribution in [2.45, 2.75) is 37.4 Å². The van der Waals surface area contributed by atoms with Gasteiger partial charge in [0.1, 0.15) is 5.75 Å². The van der Waals surface area contributed by atoms with Gasteiger partial charge < -0.3 is 10.1 Å². The molecule has 6 nitrogen and oxygen atoms in total. The molecule has 1 atom stereocenters. The number of carbonyl (C=O) groups excluding carboxylic acids is 1. The largest absolute Gasteiger partial charge is 0.495 e. The fraction of sp³-hybridized carbons (Fsp3) is 0.476. The molecule has 2 heterocycles. The van der Waals surface area contributed by atoms with Crippen molar-refractivity contribution < 1.29 is 9.53 Å². The fourth-order valence-corrected chi connectivity index (χ4v) is 4.20. The van der Waals surface area contributed by atoms with Crippen LogP contribution in [0.5, 0.6) is 5.75 Å². The number of aromatic nitrogens is 2. The van der Waals surface area contributed by atoms with E-state index in [4.69, 9.17) is 16.3 Å². The minimum Gasteiger partial charge on any atom is -0.495 e. The molecule has 1 N–H and O–H groups in total. The Hall–Kier alpha value is -1.83. The molecule has 0 saturated carbocycles. The van der Waals surface area contributed by atoms with Crippen LogP contribution in [-0.4, -0.2) is 47.2 Å². The monoisotopic (exact) mass is 434 g/mol. The van der Waals surface area contributed by atoms with Crippen molar-refractivity contribution in [2.75, 3.05) is 31.8 Å². The maximum absolute atomic E-state index is 12.3. The maximum atomic E-state index is 12.3. The van der Waals surface area contributed by atoms with Crippen LogP contribution >= 0.6 is 23.4 Å². The fourth-order valence-electron chi connectivity index (χ4n) is 3.62. The summed E-state index contributed by atoms with van der Waals surface area (Å²) in [5, 5.41) is 4.21. The topological polar surface area (TPSA) is 67.3 Å². The summed E-state index contributed by atoms with van der Waals surface area (Å²) in [7, 11) is 1.57. The first-order chi connectivity index (χ1) is 14.1. The number of halogens is 1. The minimum atomic E-state index is 0.0180. The number of thioether (sulfide) groups is 1. The Morgan fingerprint density at radius 3 is 2.86 bits per heavy atom. The zero-order valence-corrected chi connectivity index (χ0v) is 18.4. The third kappa shape index (κ3) is 6.59. The minimum absolute atomic E-state index is 0.0180. The lowest BCUT2D eigenvalue weighted by Gasteiger charge is -2.32. The van der Waals surface area contributed by atoms with Crippen LogP contribution in [0, 0.1) is 5.92 Å². The highest BCUT2D eigenvalue weighted by Crippen LogP contribution is 2.28. The molecule has 1 aliphatic heterocycles. The summed E-state index contributed by atoms with van der Waals surface area (Å²) >= 11 is 7.67. The predicted molar refractivity (Wildman–Crippen MR) is 118 cm³/mol. The molecule has 0 unspecified atom stereocenters. The number of likely N-dealkylation sites (tertiary alicyclic amines) is 1. The van der Waals surface area contributed by atoms with Gasteiger partial charge in [-0.15, -0.1) is 0 Å². The Morgan fingerprint density at radius 2 is 2.17 bits per heavy atom. The molecular weight excluding hydrogens is 408 g/mol. The summed E-state index contributed by atoms with van der Waals surface area (Å²) in [5.41, 5.74) is 1.83. The molecule has 0 radical (unpaired) electrons. The number of benzene rings is 1. The van der Waals surface area contributed by atoms with Gasteiger partial charge in [0.2, 0.25) is 5.91 Å². The summed E-state index contributed by atoms with van der Waals surface area (Å²) < 4.78 is 5.14. The van der Waals surface area contributed by atoms with Gasteiger partial charge in [0.05, 0.1) is 12.1 Å². The van der Waals surface area contributed by atoms with E-state index in [2.05, 4.69) is 20.2 Å². The van der Waals surface area contributed by atoms with Gasteiger partial charge in [-0.1, -0.05) is 23.4 Å². The predicted octanol–water partition coefficient (Wildman–Crippen LogP) is 4.49. The van der Waals surface area contributed by atoms with Crippen LogP contribution in [0.3, 0.4) is 0 Å². The lowest BCUT2D eigenvalue weighted by atomic mass is 9.93. The summed E-state index contributed by atoms with van der Waals surface area (Å²) in [6, 6.07) is 5.27. The first-order valence-electron chi connectivity index (χ1n) is 9.78. The van der Waals surface area contributed by atoms with Gasteiger partial charge in [0.25, 0.3) is 0 Å². The van der Waals surface area contributed by atoms with Crippen LogP contribution in [0.15, 0.2) is 35.7 Å².